The maximum atomic E-state index is 13.0. The number of hydrogen-bond acceptors (Lipinski definition) is 5. The number of halogens is 2. The molecule has 7 heteroatoms. The van der Waals surface area contributed by atoms with E-state index in [4.69, 9.17) is 16.3 Å². The normalized spacial score (nSPS) is 11.3. The van der Waals surface area contributed by atoms with Crippen LogP contribution in [0.15, 0.2) is 52.9 Å². The molecule has 0 bridgehead atoms. The molecule has 0 saturated heterocycles. The zero-order chi connectivity index (χ0) is 18.5. The van der Waals surface area contributed by atoms with Crippen LogP contribution in [0.3, 0.4) is 0 Å². The highest BCUT2D eigenvalue weighted by atomic mass is 35.5. The summed E-state index contributed by atoms with van der Waals surface area (Å²) >= 11 is 7.63. The van der Waals surface area contributed by atoms with E-state index in [1.54, 1.807) is 24.4 Å². The molecule has 0 aliphatic heterocycles. The molecule has 1 heterocycles. The number of aromatic nitrogens is 1. The number of thiazole rings is 1. The highest BCUT2D eigenvalue weighted by molar-refractivity contribution is 7.14. The van der Waals surface area contributed by atoms with Crippen molar-refractivity contribution in [2.45, 2.75) is 20.0 Å². The number of anilines is 1. The van der Waals surface area contributed by atoms with Gasteiger partial charge in [0.1, 0.15) is 11.6 Å². The van der Waals surface area contributed by atoms with E-state index in [0.29, 0.717) is 15.9 Å². The van der Waals surface area contributed by atoms with Crippen LogP contribution in [0.1, 0.15) is 19.4 Å². The second kappa shape index (κ2) is 8.29. The van der Waals surface area contributed by atoms with E-state index < -0.39 is 0 Å². The summed E-state index contributed by atoms with van der Waals surface area (Å²) in [6.45, 7) is 3.90. The van der Waals surface area contributed by atoms with Crippen molar-refractivity contribution in [1.29, 1.82) is 0 Å². The molecule has 0 amide bonds. The molecule has 0 spiro atoms. The smallest absolute Gasteiger partial charge is 0.203 e. The first kappa shape index (κ1) is 18.4. The molecule has 3 aromatic rings. The number of nitrogens with zero attached hydrogens (tertiary/aromatic N) is 2. The summed E-state index contributed by atoms with van der Waals surface area (Å²) in [7, 11) is 0. The summed E-state index contributed by atoms with van der Waals surface area (Å²) in [5.41, 5.74) is 5.35. The van der Waals surface area contributed by atoms with Crippen LogP contribution in [0.25, 0.3) is 11.3 Å². The molecular formula is C19H17ClFN3OS. The molecule has 0 radical (unpaired) electrons. The first-order valence-electron chi connectivity index (χ1n) is 7.98. The van der Waals surface area contributed by atoms with Gasteiger partial charge in [-0.2, -0.15) is 5.10 Å². The molecule has 0 fully saturated rings. The Bertz CT molecular complexity index is 909. The lowest BCUT2D eigenvalue weighted by Gasteiger charge is -2.11. The van der Waals surface area contributed by atoms with Crippen molar-refractivity contribution in [2.24, 2.45) is 5.10 Å². The van der Waals surface area contributed by atoms with Crippen molar-refractivity contribution in [3.8, 4) is 17.0 Å². The van der Waals surface area contributed by atoms with Crippen LogP contribution in [0.5, 0.6) is 5.75 Å². The van der Waals surface area contributed by atoms with Crippen LogP contribution in [-0.4, -0.2) is 17.3 Å². The van der Waals surface area contributed by atoms with Crippen molar-refractivity contribution >= 4 is 34.3 Å². The summed E-state index contributed by atoms with van der Waals surface area (Å²) < 4.78 is 18.6. The largest absolute Gasteiger partial charge is 0.489 e. The minimum atomic E-state index is -0.268. The lowest BCUT2D eigenvalue weighted by molar-refractivity contribution is 0.242. The van der Waals surface area contributed by atoms with Crippen LogP contribution in [-0.2, 0) is 0 Å². The van der Waals surface area contributed by atoms with Crippen LogP contribution in [0, 0.1) is 5.82 Å². The third-order valence-electron chi connectivity index (χ3n) is 3.34. The molecule has 0 aliphatic carbocycles. The zero-order valence-electron chi connectivity index (χ0n) is 14.2. The van der Waals surface area contributed by atoms with Gasteiger partial charge < -0.3 is 4.74 Å². The second-order valence-corrected chi connectivity index (χ2v) is 7.04. The Kier molecular flexibility index (Phi) is 5.85. The van der Waals surface area contributed by atoms with E-state index in [2.05, 4.69) is 15.5 Å². The molecule has 134 valence electrons. The fraction of sp³-hybridized carbons (Fsp3) is 0.158. The molecule has 0 aliphatic rings. The fourth-order valence-corrected chi connectivity index (χ4v) is 3.09. The Morgan fingerprint density at radius 1 is 1.23 bits per heavy atom. The predicted molar refractivity (Wildman–Crippen MR) is 106 cm³/mol. The topological polar surface area (TPSA) is 46.5 Å². The predicted octanol–water partition coefficient (Wildman–Crippen LogP) is 5.84. The van der Waals surface area contributed by atoms with Crippen LogP contribution in [0.4, 0.5) is 9.52 Å². The maximum absolute atomic E-state index is 13.0. The van der Waals surface area contributed by atoms with E-state index in [1.165, 1.54) is 23.5 Å². The van der Waals surface area contributed by atoms with Gasteiger partial charge in [0.15, 0.2) is 0 Å². The summed E-state index contributed by atoms with van der Waals surface area (Å²) in [5, 5.41) is 7.25. The summed E-state index contributed by atoms with van der Waals surface area (Å²) in [5.74, 6) is 0.381. The molecule has 1 aromatic heterocycles. The van der Waals surface area contributed by atoms with Gasteiger partial charge in [0, 0.05) is 10.9 Å². The minimum absolute atomic E-state index is 0.0638. The molecule has 4 nitrogen and oxygen atoms in total. The Morgan fingerprint density at radius 2 is 2.00 bits per heavy atom. The van der Waals surface area contributed by atoms with E-state index >= 15 is 0 Å². The maximum Gasteiger partial charge on any atom is 0.203 e. The van der Waals surface area contributed by atoms with Crippen molar-refractivity contribution in [3.63, 3.8) is 0 Å². The quantitative estimate of drug-likeness (QED) is 0.425. The number of rotatable bonds is 6. The minimum Gasteiger partial charge on any atom is -0.489 e. The third kappa shape index (κ3) is 4.80. The van der Waals surface area contributed by atoms with E-state index in [1.807, 2.05) is 31.4 Å². The number of ether oxygens (including phenoxy) is 1. The van der Waals surface area contributed by atoms with Gasteiger partial charge in [0.05, 0.1) is 23.0 Å². The number of nitrogens with one attached hydrogen (secondary N) is 1. The molecule has 3 rings (SSSR count). The average molecular weight is 390 g/mol. The van der Waals surface area contributed by atoms with Crippen molar-refractivity contribution in [3.05, 3.63) is 64.2 Å². The van der Waals surface area contributed by atoms with Gasteiger partial charge in [-0.3, -0.25) is 5.43 Å². The van der Waals surface area contributed by atoms with Gasteiger partial charge >= 0.3 is 0 Å². The Balaban J connectivity index is 1.64. The first-order chi connectivity index (χ1) is 12.5. The van der Waals surface area contributed by atoms with Gasteiger partial charge in [0.2, 0.25) is 5.13 Å². The van der Waals surface area contributed by atoms with Gasteiger partial charge in [0.25, 0.3) is 0 Å². The summed E-state index contributed by atoms with van der Waals surface area (Å²) in [4.78, 5) is 4.43. The first-order valence-corrected chi connectivity index (χ1v) is 9.24. The fourth-order valence-electron chi connectivity index (χ4n) is 2.19. The Labute approximate surface area is 160 Å². The van der Waals surface area contributed by atoms with Crippen molar-refractivity contribution in [1.82, 2.24) is 4.98 Å². The van der Waals surface area contributed by atoms with Gasteiger partial charge in [-0.25, -0.2) is 9.37 Å². The Hall–Kier alpha value is -2.44. The number of benzene rings is 2. The average Bonchev–Trinajstić information content (AvgIpc) is 3.06. The standard InChI is InChI=1S/C19H17ClFN3OS/c1-12(2)25-18-8-3-13(9-16(18)20)10-22-24-19-23-17(11-26-19)14-4-6-15(21)7-5-14/h3-12H,1-2H3,(H,23,24)/b22-10-. The monoisotopic (exact) mass is 389 g/mol. The lowest BCUT2D eigenvalue weighted by atomic mass is 10.2. The highest BCUT2D eigenvalue weighted by Crippen LogP contribution is 2.26. The highest BCUT2D eigenvalue weighted by Gasteiger charge is 2.05. The van der Waals surface area contributed by atoms with Crippen molar-refractivity contribution in [2.75, 3.05) is 5.43 Å². The Morgan fingerprint density at radius 3 is 2.69 bits per heavy atom. The molecule has 0 saturated carbocycles. The van der Waals surface area contributed by atoms with Crippen LogP contribution >= 0.6 is 22.9 Å². The summed E-state index contributed by atoms with van der Waals surface area (Å²) in [6.07, 6.45) is 1.72. The van der Waals surface area contributed by atoms with Crippen LogP contribution in [0.2, 0.25) is 5.02 Å². The van der Waals surface area contributed by atoms with Gasteiger partial charge in [-0.15, -0.1) is 11.3 Å². The molecule has 1 N–H and O–H groups in total. The lowest BCUT2D eigenvalue weighted by Crippen LogP contribution is -2.05. The molecular weight excluding hydrogens is 373 g/mol. The molecule has 26 heavy (non-hydrogen) atoms. The number of hydrogen-bond donors (Lipinski definition) is 1. The van der Waals surface area contributed by atoms with E-state index in [-0.39, 0.29) is 11.9 Å². The zero-order valence-corrected chi connectivity index (χ0v) is 15.8. The molecule has 0 unspecified atom stereocenters. The van der Waals surface area contributed by atoms with Crippen LogP contribution < -0.4 is 10.2 Å². The van der Waals surface area contributed by atoms with Crippen molar-refractivity contribution < 1.29 is 9.13 Å². The second-order valence-electron chi connectivity index (χ2n) is 5.77. The third-order valence-corrected chi connectivity index (χ3v) is 4.38. The molecule has 2 aromatic carbocycles. The number of hydrazone groups is 1. The van der Waals surface area contributed by atoms with E-state index in [0.717, 1.165) is 16.8 Å². The van der Waals surface area contributed by atoms with Gasteiger partial charge in [-0.05, 0) is 61.9 Å². The van der Waals surface area contributed by atoms with E-state index in [9.17, 15) is 4.39 Å². The molecule has 0 atom stereocenters. The summed E-state index contributed by atoms with van der Waals surface area (Å²) in [6, 6.07) is 11.7. The van der Waals surface area contributed by atoms with Gasteiger partial charge in [-0.1, -0.05) is 11.6 Å². The SMILES string of the molecule is CC(C)Oc1ccc(/C=N\Nc2nc(-c3ccc(F)cc3)cs2)cc1Cl.